The minimum absolute atomic E-state index is 0.00808. The van der Waals surface area contributed by atoms with Gasteiger partial charge in [-0.1, -0.05) is 217 Å². The number of fused-ring (bicyclic) bond motifs is 22. The summed E-state index contributed by atoms with van der Waals surface area (Å²) in [7, 11) is 0. The van der Waals surface area contributed by atoms with E-state index in [1.807, 2.05) is 0 Å². The first-order chi connectivity index (χ1) is 40.1. The summed E-state index contributed by atoms with van der Waals surface area (Å²) in [6.07, 6.45) is 0. The van der Waals surface area contributed by atoms with Crippen molar-refractivity contribution in [2.45, 2.75) is 122 Å². The molecule has 9 aromatic carbocycles. The van der Waals surface area contributed by atoms with Gasteiger partial charge in [0, 0.05) is 39.4 Å². The SMILES string of the molecule is Cc1cc2c(o1)C1(c3ccccc3-2)c2ccccc2C2(c3ccccc3-c3cc4c5c(oc4cc32)B2c3ccc(C(C)(C)C)cc3N(c3ccc(C(C)(C)C)cc3)c3cc(C(C)(C)C)cc(c32)N5c2ccc(C(C)(C)C)cc2)c2ccccc21. The van der Waals surface area contributed by atoms with Crippen LogP contribution in [0.2, 0.25) is 0 Å². The van der Waals surface area contributed by atoms with Gasteiger partial charge in [-0.3, -0.25) is 0 Å². The number of rotatable bonds is 2. The zero-order valence-corrected chi connectivity index (χ0v) is 50.8. The summed E-state index contributed by atoms with van der Waals surface area (Å²) in [5.74, 6) is 1.93. The summed E-state index contributed by atoms with van der Waals surface area (Å²) < 4.78 is 15.0. The Morgan fingerprint density at radius 3 is 1.37 bits per heavy atom. The summed E-state index contributed by atoms with van der Waals surface area (Å²) in [6, 6.07) is 75.1. The van der Waals surface area contributed by atoms with E-state index in [-0.39, 0.29) is 28.4 Å². The van der Waals surface area contributed by atoms with E-state index < -0.39 is 10.8 Å². The van der Waals surface area contributed by atoms with E-state index in [1.54, 1.807) is 0 Å². The van der Waals surface area contributed by atoms with Crippen molar-refractivity contribution in [2.24, 2.45) is 0 Å². The third-order valence-corrected chi connectivity index (χ3v) is 19.8. The molecule has 0 atom stereocenters. The fraction of sp³-hybridized carbons (Fsp3) is 0.241. The van der Waals surface area contributed by atoms with Gasteiger partial charge in [0.25, 0.3) is 6.71 Å². The van der Waals surface area contributed by atoms with Gasteiger partial charge in [-0.05, 0) is 178 Å². The molecule has 16 rings (SSSR count). The standard InChI is InChI=1S/C79H71BN2O2/c1-46-40-56-54-23-15-17-25-59(54)79(72(56)83-46)62-28-20-18-26-60(62)78(61-27-19-21-29-63(61)79)58-24-16-14-22-53(58)55-44-57-69(45-64(55)78)84-73-71(57)82(52-37-32-48(33-38-52)75(5,6)7)68-43-50(77(11,12)13)42-67-70(68)80(73)65-39-34-49(76(8,9)10)41-66(65)81(67)51-35-30-47(31-36-51)74(2,3)4/h14-45H,1-13H3. The molecule has 3 aliphatic carbocycles. The third kappa shape index (κ3) is 6.67. The van der Waals surface area contributed by atoms with Gasteiger partial charge in [0.05, 0.1) is 16.8 Å². The topological polar surface area (TPSA) is 32.8 Å². The van der Waals surface area contributed by atoms with Gasteiger partial charge < -0.3 is 18.6 Å². The summed E-state index contributed by atoms with van der Waals surface area (Å²) in [5.41, 5.74) is 28.5. The maximum absolute atomic E-state index is 7.96. The maximum atomic E-state index is 7.96. The second-order valence-electron chi connectivity index (χ2n) is 28.9. The van der Waals surface area contributed by atoms with Gasteiger partial charge in [-0.15, -0.1) is 0 Å². The molecular formula is C79H71BN2O2. The average molecular weight is 1090 g/mol. The molecule has 0 saturated heterocycles. The van der Waals surface area contributed by atoms with Crippen LogP contribution >= 0.6 is 0 Å². The quantitative estimate of drug-likeness (QED) is 0.162. The molecule has 0 unspecified atom stereocenters. The van der Waals surface area contributed by atoms with Crippen molar-refractivity contribution in [3.05, 3.63) is 267 Å². The average Bonchev–Trinajstić information content (AvgIpc) is 1.42. The molecule has 0 bridgehead atoms. The molecule has 2 aliphatic heterocycles. The lowest BCUT2D eigenvalue weighted by molar-refractivity contribution is 0.439. The lowest BCUT2D eigenvalue weighted by Crippen LogP contribution is -2.61. The Morgan fingerprint density at radius 1 is 0.369 bits per heavy atom. The smallest absolute Gasteiger partial charge is 0.297 e. The van der Waals surface area contributed by atoms with E-state index in [9.17, 15) is 0 Å². The van der Waals surface area contributed by atoms with Gasteiger partial charge in [-0.25, -0.2) is 0 Å². The van der Waals surface area contributed by atoms with Gasteiger partial charge in [0.2, 0.25) is 0 Å². The van der Waals surface area contributed by atoms with Crippen molar-refractivity contribution in [3.8, 4) is 22.3 Å². The number of anilines is 6. The molecule has 0 N–H and O–H groups in total. The maximum Gasteiger partial charge on any atom is 0.297 e. The van der Waals surface area contributed by atoms with Crippen molar-refractivity contribution in [1.82, 2.24) is 0 Å². The largest absolute Gasteiger partial charge is 0.468 e. The number of nitrogens with zero attached hydrogens (tertiary/aromatic N) is 2. The van der Waals surface area contributed by atoms with Crippen molar-refractivity contribution >= 4 is 68.4 Å². The number of hydrogen-bond donors (Lipinski definition) is 0. The highest BCUT2D eigenvalue weighted by atomic mass is 16.3. The van der Waals surface area contributed by atoms with Gasteiger partial charge in [-0.2, -0.15) is 0 Å². The molecular weight excluding hydrogens is 1020 g/mol. The lowest BCUT2D eigenvalue weighted by Gasteiger charge is -2.47. The van der Waals surface area contributed by atoms with Crippen molar-refractivity contribution in [2.75, 3.05) is 9.80 Å². The molecule has 0 radical (unpaired) electrons. The van der Waals surface area contributed by atoms with Crippen LogP contribution in [0.15, 0.2) is 203 Å². The van der Waals surface area contributed by atoms with E-state index in [1.165, 1.54) is 111 Å². The molecule has 5 heteroatoms. The molecule has 412 valence electrons. The summed E-state index contributed by atoms with van der Waals surface area (Å²) in [6.45, 7) is 29.8. The summed E-state index contributed by atoms with van der Waals surface area (Å²) in [4.78, 5) is 5.15. The second-order valence-corrected chi connectivity index (χ2v) is 28.9. The zero-order valence-electron chi connectivity index (χ0n) is 50.8. The normalized spacial score (nSPS) is 17.8. The van der Waals surface area contributed by atoms with E-state index >= 15 is 0 Å². The Balaban J connectivity index is 1.01. The molecule has 5 aliphatic rings. The first-order valence-electron chi connectivity index (χ1n) is 30.4. The number of hydrogen-bond acceptors (Lipinski definition) is 4. The van der Waals surface area contributed by atoms with Gasteiger partial charge in [0.15, 0.2) is 0 Å². The second kappa shape index (κ2) is 16.8. The molecule has 11 aromatic rings. The minimum Gasteiger partial charge on any atom is -0.468 e. The highest BCUT2D eigenvalue weighted by molar-refractivity contribution is 7.00. The van der Waals surface area contributed by atoms with Crippen LogP contribution < -0.4 is 26.4 Å². The molecule has 84 heavy (non-hydrogen) atoms. The fourth-order valence-corrected chi connectivity index (χ4v) is 15.8. The molecule has 0 fully saturated rings. The van der Waals surface area contributed by atoms with Gasteiger partial charge in [0.1, 0.15) is 22.5 Å². The molecule has 4 heterocycles. The first-order valence-corrected chi connectivity index (χ1v) is 30.4. The Labute approximate surface area is 495 Å². The fourth-order valence-electron chi connectivity index (χ4n) is 15.8. The zero-order chi connectivity index (χ0) is 57.9. The molecule has 2 aromatic heterocycles. The van der Waals surface area contributed by atoms with Crippen LogP contribution in [0.3, 0.4) is 0 Å². The monoisotopic (exact) mass is 1090 g/mol. The summed E-state index contributed by atoms with van der Waals surface area (Å²) >= 11 is 0. The van der Waals surface area contributed by atoms with Gasteiger partial charge >= 0.3 is 0 Å². The summed E-state index contributed by atoms with van der Waals surface area (Å²) in [5, 5.41) is 1.10. The Hall–Kier alpha value is -8.54. The lowest BCUT2D eigenvalue weighted by atomic mass is 9.35. The predicted molar refractivity (Wildman–Crippen MR) is 350 cm³/mol. The highest BCUT2D eigenvalue weighted by Crippen LogP contribution is 2.68. The number of benzene rings is 9. The van der Waals surface area contributed by atoms with E-state index in [4.69, 9.17) is 8.83 Å². The van der Waals surface area contributed by atoms with E-state index in [0.29, 0.717) is 0 Å². The third-order valence-electron chi connectivity index (χ3n) is 19.8. The minimum atomic E-state index is -0.699. The van der Waals surface area contributed by atoms with Crippen LogP contribution in [0.5, 0.6) is 0 Å². The molecule has 0 saturated carbocycles. The van der Waals surface area contributed by atoms with E-state index in [2.05, 4.69) is 294 Å². The van der Waals surface area contributed by atoms with Crippen molar-refractivity contribution < 1.29 is 8.83 Å². The van der Waals surface area contributed by atoms with Crippen molar-refractivity contribution in [1.29, 1.82) is 0 Å². The number of furan rings is 2. The first kappa shape index (κ1) is 51.1. The highest BCUT2D eigenvalue weighted by Gasteiger charge is 2.61. The van der Waals surface area contributed by atoms with Crippen LogP contribution in [0.1, 0.15) is 156 Å². The van der Waals surface area contributed by atoms with Crippen LogP contribution in [0.4, 0.5) is 34.1 Å². The number of aryl methyl sites for hydroxylation is 1. The molecule has 4 nitrogen and oxygen atoms in total. The van der Waals surface area contributed by atoms with Crippen LogP contribution in [-0.2, 0) is 32.5 Å². The van der Waals surface area contributed by atoms with E-state index in [0.717, 1.165) is 45.2 Å². The van der Waals surface area contributed by atoms with Crippen LogP contribution in [0.25, 0.3) is 33.2 Å². The predicted octanol–water partition coefficient (Wildman–Crippen LogP) is 18.6. The Kier molecular flexibility index (Phi) is 10.3. The molecule has 2 spiro atoms. The van der Waals surface area contributed by atoms with Crippen molar-refractivity contribution in [3.63, 3.8) is 0 Å². The Bertz CT molecular complexity index is 4570. The Morgan fingerprint density at radius 2 is 0.821 bits per heavy atom. The van der Waals surface area contributed by atoms with Crippen LogP contribution in [-0.4, -0.2) is 6.71 Å². The molecule has 0 amide bonds. The van der Waals surface area contributed by atoms with Crippen LogP contribution in [0, 0.1) is 6.92 Å².